The van der Waals surface area contributed by atoms with Crippen molar-refractivity contribution in [1.82, 2.24) is 9.78 Å². The molecule has 0 spiro atoms. The molecule has 0 saturated heterocycles. The fourth-order valence-corrected chi connectivity index (χ4v) is 3.79. The van der Waals surface area contributed by atoms with Gasteiger partial charge in [-0.2, -0.15) is 18.3 Å². The number of halogens is 3. The van der Waals surface area contributed by atoms with E-state index in [9.17, 15) is 18.0 Å². The Balaban J connectivity index is 1.69. The van der Waals surface area contributed by atoms with Crippen molar-refractivity contribution in [3.63, 3.8) is 0 Å². The van der Waals surface area contributed by atoms with Gasteiger partial charge in [-0.15, -0.1) is 0 Å². The molecule has 0 atom stereocenters. The summed E-state index contributed by atoms with van der Waals surface area (Å²) in [5.41, 5.74) is 5.80. The van der Waals surface area contributed by atoms with Gasteiger partial charge in [-0.25, -0.2) is 4.68 Å². The number of nitrogens with zero attached hydrogens (tertiary/aromatic N) is 2. The van der Waals surface area contributed by atoms with Crippen LogP contribution in [0.4, 0.5) is 13.2 Å². The van der Waals surface area contributed by atoms with Gasteiger partial charge in [-0.1, -0.05) is 36.4 Å². The minimum atomic E-state index is -4.60. The van der Waals surface area contributed by atoms with Crippen molar-refractivity contribution in [2.24, 2.45) is 5.73 Å². The van der Waals surface area contributed by atoms with Crippen LogP contribution >= 0.6 is 0 Å². The predicted octanol–water partition coefficient (Wildman–Crippen LogP) is 5.96. The number of aromatic nitrogens is 2. The van der Waals surface area contributed by atoms with Gasteiger partial charge in [0, 0.05) is 11.1 Å². The summed E-state index contributed by atoms with van der Waals surface area (Å²) in [7, 11) is 0. The number of hydrogen-bond donors (Lipinski definition) is 1. The summed E-state index contributed by atoms with van der Waals surface area (Å²) >= 11 is 0. The average Bonchev–Trinajstić information content (AvgIpc) is 3.23. The molecule has 4 aromatic carbocycles. The number of carbonyl (C=O) groups is 1. The predicted molar refractivity (Wildman–Crippen MR) is 118 cm³/mol. The lowest BCUT2D eigenvalue weighted by atomic mass is 10.0. The fraction of sp³-hybridized carbons (Fsp3) is 0.0400. The molecule has 0 fully saturated rings. The molecule has 0 unspecified atom stereocenters. The van der Waals surface area contributed by atoms with Crippen LogP contribution in [0, 0.1) is 0 Å². The fourth-order valence-electron chi connectivity index (χ4n) is 3.79. The normalized spacial score (nSPS) is 11.8. The van der Waals surface area contributed by atoms with Crippen LogP contribution in [0.2, 0.25) is 0 Å². The minimum absolute atomic E-state index is 0.260. The molecule has 5 rings (SSSR count). The Morgan fingerprint density at radius 1 is 0.781 bits per heavy atom. The van der Waals surface area contributed by atoms with E-state index >= 15 is 0 Å². The Morgan fingerprint density at radius 2 is 1.41 bits per heavy atom. The summed E-state index contributed by atoms with van der Waals surface area (Å²) < 4.78 is 41.7. The Bertz CT molecular complexity index is 1480. The molecule has 0 aliphatic rings. The van der Waals surface area contributed by atoms with E-state index in [1.807, 2.05) is 42.5 Å². The number of hydrogen-bond acceptors (Lipinski definition) is 2. The quantitative estimate of drug-likeness (QED) is 0.358. The van der Waals surface area contributed by atoms with Gasteiger partial charge >= 0.3 is 6.18 Å². The number of carbonyl (C=O) groups excluding carboxylic acids is 1. The van der Waals surface area contributed by atoms with E-state index in [0.717, 1.165) is 27.6 Å². The highest BCUT2D eigenvalue weighted by Gasteiger charge is 2.35. The number of alkyl halides is 3. The number of rotatable bonds is 3. The zero-order valence-electron chi connectivity index (χ0n) is 16.6. The highest BCUT2D eigenvalue weighted by atomic mass is 19.4. The molecular weight excluding hydrogens is 415 g/mol. The molecule has 1 amide bonds. The highest BCUT2D eigenvalue weighted by Crippen LogP contribution is 2.35. The maximum absolute atomic E-state index is 13.5. The minimum Gasteiger partial charge on any atom is -0.366 e. The molecule has 32 heavy (non-hydrogen) atoms. The average molecular weight is 431 g/mol. The van der Waals surface area contributed by atoms with E-state index in [0.29, 0.717) is 16.9 Å². The molecule has 158 valence electrons. The molecule has 4 nitrogen and oxygen atoms in total. The van der Waals surface area contributed by atoms with Gasteiger partial charge in [0.2, 0.25) is 5.91 Å². The van der Waals surface area contributed by atoms with Crippen LogP contribution in [0.3, 0.4) is 0 Å². The summed E-state index contributed by atoms with van der Waals surface area (Å²) in [6.07, 6.45) is -4.60. The second-order valence-electron chi connectivity index (χ2n) is 7.50. The third-order valence-electron chi connectivity index (χ3n) is 5.40. The van der Waals surface area contributed by atoms with E-state index in [1.54, 1.807) is 6.07 Å². The largest absolute Gasteiger partial charge is 0.435 e. The van der Waals surface area contributed by atoms with Crippen LogP contribution in [-0.4, -0.2) is 15.7 Å². The van der Waals surface area contributed by atoms with E-state index in [1.165, 1.54) is 28.9 Å². The van der Waals surface area contributed by atoms with Crippen molar-refractivity contribution in [1.29, 1.82) is 0 Å². The monoisotopic (exact) mass is 431 g/mol. The molecular formula is C25H16F3N3O. The van der Waals surface area contributed by atoms with Crippen molar-refractivity contribution in [3.8, 4) is 16.9 Å². The van der Waals surface area contributed by atoms with Crippen LogP contribution < -0.4 is 5.73 Å². The van der Waals surface area contributed by atoms with Gasteiger partial charge in [0.25, 0.3) is 0 Å². The lowest BCUT2D eigenvalue weighted by Gasteiger charge is -2.10. The Morgan fingerprint density at radius 3 is 2.03 bits per heavy atom. The van der Waals surface area contributed by atoms with E-state index < -0.39 is 17.8 Å². The van der Waals surface area contributed by atoms with Gasteiger partial charge in [0.1, 0.15) is 0 Å². The van der Waals surface area contributed by atoms with Crippen LogP contribution in [-0.2, 0) is 6.18 Å². The third kappa shape index (κ3) is 3.47. The molecule has 0 aliphatic carbocycles. The Kier molecular flexibility index (Phi) is 4.48. The van der Waals surface area contributed by atoms with Crippen molar-refractivity contribution >= 4 is 27.5 Å². The van der Waals surface area contributed by atoms with Crippen molar-refractivity contribution < 1.29 is 18.0 Å². The number of fused-ring (bicyclic) bond motifs is 2. The number of benzene rings is 4. The number of nitrogens with two attached hydrogens (primary N) is 1. The Hall–Kier alpha value is -4.13. The van der Waals surface area contributed by atoms with Crippen LogP contribution in [0.1, 0.15) is 16.1 Å². The van der Waals surface area contributed by atoms with E-state index in [2.05, 4.69) is 11.2 Å². The first-order valence-electron chi connectivity index (χ1n) is 9.80. The Labute approximate surface area is 180 Å². The number of primary amides is 1. The van der Waals surface area contributed by atoms with Gasteiger partial charge in [-0.05, 0) is 70.1 Å². The summed E-state index contributed by atoms with van der Waals surface area (Å²) in [6, 6.07) is 24.5. The first kappa shape index (κ1) is 19.8. The van der Waals surface area contributed by atoms with Gasteiger partial charge in [0.15, 0.2) is 5.69 Å². The van der Waals surface area contributed by atoms with Crippen LogP contribution in [0.25, 0.3) is 38.5 Å². The molecule has 0 saturated carbocycles. The van der Waals surface area contributed by atoms with Gasteiger partial charge < -0.3 is 5.73 Å². The van der Waals surface area contributed by atoms with E-state index in [4.69, 9.17) is 5.73 Å². The molecule has 7 heteroatoms. The SMILES string of the molecule is NC(=O)c1ccc(-n2nc(C(F)(F)F)cc2-c2ccc3cc4ccccc4cc3c2)cc1. The summed E-state index contributed by atoms with van der Waals surface area (Å²) in [5.74, 6) is -0.616. The van der Waals surface area contributed by atoms with Gasteiger partial charge in [0.05, 0.1) is 11.4 Å². The van der Waals surface area contributed by atoms with Crippen molar-refractivity contribution in [2.75, 3.05) is 0 Å². The van der Waals surface area contributed by atoms with Crippen LogP contribution in [0.5, 0.6) is 0 Å². The molecule has 0 radical (unpaired) electrons. The zero-order chi connectivity index (χ0) is 22.5. The molecule has 2 N–H and O–H groups in total. The summed E-state index contributed by atoms with van der Waals surface area (Å²) in [6.45, 7) is 0. The standard InChI is InChI=1S/C25H16F3N3O/c26-25(27,28)23-14-22(31(30-23)21-9-7-15(8-10-21)24(29)32)19-6-5-18-11-16-3-1-2-4-17(16)12-20(18)13-19/h1-14H,(H2,29,32). The molecule has 1 heterocycles. The lowest BCUT2D eigenvalue weighted by Crippen LogP contribution is -2.11. The maximum Gasteiger partial charge on any atom is 0.435 e. The maximum atomic E-state index is 13.5. The summed E-state index contributed by atoms with van der Waals surface area (Å²) in [5, 5.41) is 7.84. The number of amides is 1. The zero-order valence-corrected chi connectivity index (χ0v) is 16.6. The van der Waals surface area contributed by atoms with Crippen molar-refractivity contribution in [2.45, 2.75) is 6.18 Å². The second-order valence-corrected chi connectivity index (χ2v) is 7.50. The van der Waals surface area contributed by atoms with Gasteiger partial charge in [-0.3, -0.25) is 4.79 Å². The summed E-state index contributed by atoms with van der Waals surface area (Å²) in [4.78, 5) is 11.3. The molecule has 1 aromatic heterocycles. The van der Waals surface area contributed by atoms with E-state index in [-0.39, 0.29) is 5.56 Å². The second kappa shape index (κ2) is 7.23. The first-order chi connectivity index (χ1) is 15.3. The topological polar surface area (TPSA) is 60.9 Å². The molecule has 5 aromatic rings. The highest BCUT2D eigenvalue weighted by molar-refractivity contribution is 5.99. The van der Waals surface area contributed by atoms with Crippen molar-refractivity contribution in [3.05, 3.63) is 96.2 Å². The molecule has 0 bridgehead atoms. The smallest absolute Gasteiger partial charge is 0.366 e. The molecule has 0 aliphatic heterocycles. The van der Waals surface area contributed by atoms with Crippen LogP contribution in [0.15, 0.2) is 84.9 Å². The third-order valence-corrected chi connectivity index (χ3v) is 5.40. The first-order valence-corrected chi connectivity index (χ1v) is 9.80. The lowest BCUT2D eigenvalue weighted by molar-refractivity contribution is -0.141.